The second-order valence-electron chi connectivity index (χ2n) is 2.12. The molecule has 50 valence electrons. The molecule has 0 atom stereocenters. The molecular weight excluding hydrogens is 98.1 g/mol. The molecule has 0 rings (SSSR count). The Labute approximate surface area is 52.7 Å². The Bertz CT molecular complexity index is 37.7. The summed E-state index contributed by atoms with van der Waals surface area (Å²) in [4.78, 5) is 2.11. The average Bonchev–Trinajstić information content (AvgIpc) is 1.68. The average molecular weight is 114 g/mol. The van der Waals surface area contributed by atoms with Gasteiger partial charge in [0.2, 0.25) is 0 Å². The van der Waals surface area contributed by atoms with Gasteiger partial charge in [0.15, 0.2) is 0 Å². The summed E-state index contributed by atoms with van der Waals surface area (Å²) in [5, 5.41) is 0. The first-order chi connectivity index (χ1) is 3.81. The Balaban J connectivity index is 2.92. The summed E-state index contributed by atoms with van der Waals surface area (Å²) in [6.07, 6.45) is 2.42. The first kappa shape index (κ1) is 7.96. The maximum atomic E-state index is 3.85. The summed E-state index contributed by atoms with van der Waals surface area (Å²) < 4.78 is 0. The maximum Gasteiger partial charge on any atom is -0.0307 e. The lowest BCUT2D eigenvalue weighted by molar-refractivity contribution is 0.370. The first-order valence-electron chi connectivity index (χ1n) is 3.36. The molecule has 0 spiro atoms. The minimum atomic E-state index is 1.13. The Morgan fingerprint density at radius 2 is 1.50 bits per heavy atom. The lowest BCUT2D eigenvalue weighted by Crippen LogP contribution is -2.16. The van der Waals surface area contributed by atoms with E-state index in [9.17, 15) is 0 Å². The summed E-state index contributed by atoms with van der Waals surface area (Å²) in [6.45, 7) is 6.61. The molecule has 0 saturated heterocycles. The SMILES string of the molecule is [CH2-]N(CCC)CCC. The fourth-order valence-corrected chi connectivity index (χ4v) is 0.744. The molecule has 0 amide bonds. The van der Waals surface area contributed by atoms with Gasteiger partial charge in [-0.3, -0.25) is 7.05 Å². The lowest BCUT2D eigenvalue weighted by atomic mass is 10.4. The van der Waals surface area contributed by atoms with E-state index >= 15 is 0 Å². The van der Waals surface area contributed by atoms with Crippen LogP contribution in [0.25, 0.3) is 0 Å². The van der Waals surface area contributed by atoms with Gasteiger partial charge in [-0.15, -0.1) is 0 Å². The minimum Gasteiger partial charge on any atom is -0.459 e. The molecule has 1 nitrogen and oxygen atoms in total. The molecule has 0 saturated carbocycles. The van der Waals surface area contributed by atoms with Gasteiger partial charge in [-0.1, -0.05) is 13.8 Å². The van der Waals surface area contributed by atoms with Gasteiger partial charge in [0.05, 0.1) is 0 Å². The largest absolute Gasteiger partial charge is 0.459 e. The van der Waals surface area contributed by atoms with E-state index in [0.29, 0.717) is 0 Å². The van der Waals surface area contributed by atoms with Crippen molar-refractivity contribution in [2.24, 2.45) is 0 Å². The van der Waals surface area contributed by atoms with E-state index in [4.69, 9.17) is 0 Å². The molecule has 0 aliphatic heterocycles. The summed E-state index contributed by atoms with van der Waals surface area (Å²) in [6, 6.07) is 0. The van der Waals surface area contributed by atoms with Crippen LogP contribution in [-0.4, -0.2) is 18.0 Å². The van der Waals surface area contributed by atoms with E-state index in [1.54, 1.807) is 0 Å². The molecule has 0 unspecified atom stereocenters. The monoisotopic (exact) mass is 114 g/mol. The van der Waals surface area contributed by atoms with Crippen LogP contribution in [0.5, 0.6) is 0 Å². The highest BCUT2D eigenvalue weighted by Crippen LogP contribution is 1.88. The second kappa shape index (κ2) is 5.10. The summed E-state index contributed by atoms with van der Waals surface area (Å²) in [7, 11) is 3.85. The van der Waals surface area contributed by atoms with Crippen molar-refractivity contribution in [1.29, 1.82) is 0 Å². The molecular formula is C7H16N-. The molecule has 0 fully saturated rings. The second-order valence-corrected chi connectivity index (χ2v) is 2.12. The summed E-state index contributed by atoms with van der Waals surface area (Å²) >= 11 is 0. The Morgan fingerprint density at radius 1 is 1.12 bits per heavy atom. The minimum absolute atomic E-state index is 1.13. The van der Waals surface area contributed by atoms with Crippen LogP contribution in [0.3, 0.4) is 0 Å². The van der Waals surface area contributed by atoms with Crippen LogP contribution < -0.4 is 0 Å². The third-order valence-electron chi connectivity index (χ3n) is 1.08. The predicted octanol–water partition coefficient (Wildman–Crippen LogP) is 1.90. The van der Waals surface area contributed by atoms with Gasteiger partial charge in [-0.2, -0.15) is 0 Å². The number of hydrogen-bond donors (Lipinski definition) is 0. The van der Waals surface area contributed by atoms with E-state index in [1.807, 2.05) is 0 Å². The Kier molecular flexibility index (Phi) is 5.08. The highest BCUT2D eigenvalue weighted by atomic mass is 15.1. The number of rotatable bonds is 4. The predicted molar refractivity (Wildman–Crippen MR) is 37.5 cm³/mol. The van der Waals surface area contributed by atoms with Gasteiger partial charge in [0, 0.05) is 0 Å². The first-order valence-corrected chi connectivity index (χ1v) is 3.36. The van der Waals surface area contributed by atoms with Gasteiger partial charge >= 0.3 is 0 Å². The van der Waals surface area contributed by atoms with Crippen LogP contribution in [0, 0.1) is 7.05 Å². The smallest absolute Gasteiger partial charge is 0.0307 e. The highest BCUT2D eigenvalue weighted by molar-refractivity contribution is 4.50. The van der Waals surface area contributed by atoms with E-state index in [1.165, 1.54) is 12.8 Å². The number of nitrogens with zero attached hydrogens (tertiary/aromatic N) is 1. The molecule has 0 bridgehead atoms. The zero-order valence-electron chi connectivity index (χ0n) is 5.98. The maximum absolute atomic E-state index is 3.85. The molecule has 8 heavy (non-hydrogen) atoms. The molecule has 0 N–H and O–H groups in total. The Morgan fingerprint density at radius 3 is 1.75 bits per heavy atom. The van der Waals surface area contributed by atoms with E-state index in [0.717, 1.165) is 13.1 Å². The summed E-state index contributed by atoms with van der Waals surface area (Å²) in [5.74, 6) is 0. The van der Waals surface area contributed by atoms with E-state index in [-0.39, 0.29) is 0 Å². The van der Waals surface area contributed by atoms with Crippen molar-refractivity contribution < 1.29 is 0 Å². The van der Waals surface area contributed by atoms with E-state index in [2.05, 4.69) is 25.8 Å². The molecule has 0 aliphatic carbocycles. The molecule has 1 heteroatoms. The molecule has 0 aromatic rings. The molecule has 0 aromatic carbocycles. The van der Waals surface area contributed by atoms with Crippen LogP contribution in [-0.2, 0) is 0 Å². The van der Waals surface area contributed by atoms with Gasteiger partial charge < -0.3 is 4.90 Å². The molecule has 0 heterocycles. The van der Waals surface area contributed by atoms with Crippen molar-refractivity contribution in [2.45, 2.75) is 26.7 Å². The van der Waals surface area contributed by atoms with Crippen LogP contribution in [0.1, 0.15) is 26.7 Å². The van der Waals surface area contributed by atoms with Gasteiger partial charge in [-0.05, 0) is 25.9 Å². The zero-order chi connectivity index (χ0) is 6.41. The van der Waals surface area contributed by atoms with Crippen LogP contribution in [0.2, 0.25) is 0 Å². The van der Waals surface area contributed by atoms with E-state index < -0.39 is 0 Å². The van der Waals surface area contributed by atoms with Crippen LogP contribution in [0.15, 0.2) is 0 Å². The van der Waals surface area contributed by atoms with Crippen molar-refractivity contribution in [2.75, 3.05) is 13.1 Å². The third kappa shape index (κ3) is 4.13. The van der Waals surface area contributed by atoms with Crippen molar-refractivity contribution in [3.63, 3.8) is 0 Å². The number of hydrogen-bond acceptors (Lipinski definition) is 1. The molecule has 0 radical (unpaired) electrons. The van der Waals surface area contributed by atoms with Gasteiger partial charge in [-0.25, -0.2) is 0 Å². The van der Waals surface area contributed by atoms with Crippen molar-refractivity contribution in [3.05, 3.63) is 7.05 Å². The van der Waals surface area contributed by atoms with Gasteiger partial charge in [0.25, 0.3) is 0 Å². The molecule has 0 aliphatic rings. The topological polar surface area (TPSA) is 3.24 Å². The lowest BCUT2D eigenvalue weighted by Gasteiger charge is -2.22. The molecule has 0 aromatic heterocycles. The van der Waals surface area contributed by atoms with Crippen LogP contribution >= 0.6 is 0 Å². The highest BCUT2D eigenvalue weighted by Gasteiger charge is 1.83. The normalized spacial score (nSPS) is 10.5. The van der Waals surface area contributed by atoms with Crippen molar-refractivity contribution >= 4 is 0 Å². The van der Waals surface area contributed by atoms with Crippen molar-refractivity contribution in [1.82, 2.24) is 4.90 Å². The Hall–Kier alpha value is -0.0400. The fourth-order valence-electron chi connectivity index (χ4n) is 0.744. The third-order valence-corrected chi connectivity index (χ3v) is 1.08. The van der Waals surface area contributed by atoms with Gasteiger partial charge in [0.1, 0.15) is 0 Å². The van der Waals surface area contributed by atoms with Crippen molar-refractivity contribution in [3.8, 4) is 0 Å². The quantitative estimate of drug-likeness (QED) is 0.504. The standard InChI is InChI=1S/C7H16N/c1-4-6-8(3)7-5-2/h3-7H2,1-2H3/q-1. The summed E-state index contributed by atoms with van der Waals surface area (Å²) in [5.41, 5.74) is 0. The fraction of sp³-hybridized carbons (Fsp3) is 0.857. The zero-order valence-corrected chi connectivity index (χ0v) is 5.98. The van der Waals surface area contributed by atoms with Crippen LogP contribution in [0.4, 0.5) is 0 Å².